The van der Waals surface area contributed by atoms with E-state index >= 15 is 0 Å². The summed E-state index contributed by atoms with van der Waals surface area (Å²) >= 11 is 0. The highest BCUT2D eigenvalue weighted by Gasteiger charge is 2.37. The van der Waals surface area contributed by atoms with Crippen molar-refractivity contribution in [2.45, 2.75) is 44.6 Å². The number of carbonyl (C=O) groups is 2. The minimum atomic E-state index is -0.757. The Morgan fingerprint density at radius 1 is 1.17 bits per heavy atom. The maximum atomic E-state index is 13.7. The second kappa shape index (κ2) is 8.87. The number of nitrogens with zero attached hydrogens (tertiary/aromatic N) is 3. The number of rotatable bonds is 5. The number of aromatic nitrogens is 2. The van der Waals surface area contributed by atoms with Gasteiger partial charge in [-0.05, 0) is 55.7 Å². The van der Waals surface area contributed by atoms with Crippen molar-refractivity contribution in [3.05, 3.63) is 59.4 Å². The van der Waals surface area contributed by atoms with E-state index in [0.717, 1.165) is 43.4 Å². The Morgan fingerprint density at radius 3 is 2.67 bits per heavy atom. The highest BCUT2D eigenvalue weighted by molar-refractivity contribution is 5.93. The van der Waals surface area contributed by atoms with Crippen LogP contribution in [0.2, 0.25) is 0 Å². The number of hydroxylamine groups is 2. The maximum absolute atomic E-state index is 13.7. The molecule has 2 aromatic rings. The number of primary amides is 1. The van der Waals surface area contributed by atoms with E-state index in [2.05, 4.69) is 9.97 Å². The van der Waals surface area contributed by atoms with E-state index in [4.69, 9.17) is 10.6 Å². The van der Waals surface area contributed by atoms with E-state index in [1.54, 1.807) is 30.7 Å². The minimum absolute atomic E-state index is 0.0133. The van der Waals surface area contributed by atoms with Crippen LogP contribution >= 0.6 is 0 Å². The van der Waals surface area contributed by atoms with Crippen LogP contribution in [0.25, 0.3) is 0 Å². The standard InChI is InChI=1S/C22H25FN4O3/c23-18-6-3-15(12-17(18)21(24)28)11-14-1-4-16(5-2-14)22(29)27-20(7-10-30-27)19-13-25-8-9-26-19/h3,6,8-9,12-14,16,20H,1-2,4-5,7,10-11H2,(H2,24,28)/t14-,16-,20-/m0/s1. The molecule has 8 heteroatoms. The first-order valence-corrected chi connectivity index (χ1v) is 10.3. The Hall–Kier alpha value is -2.87. The Labute approximate surface area is 174 Å². The van der Waals surface area contributed by atoms with E-state index in [0.29, 0.717) is 18.9 Å². The Bertz CT molecular complexity index is 916. The third kappa shape index (κ3) is 4.33. The minimum Gasteiger partial charge on any atom is -0.366 e. The summed E-state index contributed by atoms with van der Waals surface area (Å²) in [7, 11) is 0. The second-order valence-corrected chi connectivity index (χ2v) is 8.03. The molecule has 1 saturated heterocycles. The molecule has 2 fully saturated rings. The van der Waals surface area contributed by atoms with Crippen LogP contribution in [0.3, 0.4) is 0 Å². The van der Waals surface area contributed by atoms with E-state index in [1.165, 1.54) is 11.1 Å². The van der Waals surface area contributed by atoms with Gasteiger partial charge in [0.25, 0.3) is 5.91 Å². The molecule has 1 aliphatic carbocycles. The van der Waals surface area contributed by atoms with Crippen LogP contribution in [0.15, 0.2) is 36.8 Å². The van der Waals surface area contributed by atoms with Gasteiger partial charge in [0.2, 0.25) is 5.91 Å². The summed E-state index contributed by atoms with van der Waals surface area (Å²) in [6, 6.07) is 4.35. The van der Waals surface area contributed by atoms with Gasteiger partial charge in [-0.15, -0.1) is 0 Å². The first-order chi connectivity index (χ1) is 14.5. The Balaban J connectivity index is 1.35. The molecule has 2 aliphatic rings. The zero-order valence-corrected chi connectivity index (χ0v) is 16.7. The van der Waals surface area contributed by atoms with Gasteiger partial charge in [0.05, 0.1) is 24.1 Å². The smallest absolute Gasteiger partial charge is 0.251 e. The number of carbonyl (C=O) groups excluding carboxylic acids is 2. The van der Waals surface area contributed by atoms with Crippen molar-refractivity contribution in [1.82, 2.24) is 15.0 Å². The summed E-state index contributed by atoms with van der Waals surface area (Å²) in [6.45, 7) is 0.495. The molecule has 0 radical (unpaired) electrons. The van der Waals surface area contributed by atoms with Gasteiger partial charge in [0.1, 0.15) is 11.9 Å². The molecular weight excluding hydrogens is 387 g/mol. The number of nitrogens with two attached hydrogens (primary N) is 1. The summed E-state index contributed by atoms with van der Waals surface area (Å²) in [5.41, 5.74) is 6.81. The van der Waals surface area contributed by atoms with Crippen molar-refractivity contribution in [3.63, 3.8) is 0 Å². The van der Waals surface area contributed by atoms with Gasteiger partial charge >= 0.3 is 0 Å². The van der Waals surface area contributed by atoms with Crippen LogP contribution < -0.4 is 5.73 Å². The van der Waals surface area contributed by atoms with Crippen molar-refractivity contribution < 1.29 is 18.8 Å². The molecule has 2 N–H and O–H groups in total. The van der Waals surface area contributed by atoms with Crippen molar-refractivity contribution >= 4 is 11.8 Å². The monoisotopic (exact) mass is 412 g/mol. The summed E-state index contributed by atoms with van der Waals surface area (Å²) in [5.74, 6) is -1.03. The fourth-order valence-electron chi connectivity index (χ4n) is 4.45. The van der Waals surface area contributed by atoms with Gasteiger partial charge in [-0.1, -0.05) is 6.07 Å². The average molecular weight is 412 g/mol. The molecule has 2 amide bonds. The van der Waals surface area contributed by atoms with Crippen molar-refractivity contribution in [3.8, 4) is 0 Å². The van der Waals surface area contributed by atoms with Crippen LogP contribution in [0, 0.1) is 17.7 Å². The van der Waals surface area contributed by atoms with Crippen molar-refractivity contribution in [2.75, 3.05) is 6.61 Å². The Morgan fingerprint density at radius 2 is 1.97 bits per heavy atom. The molecule has 0 spiro atoms. The van der Waals surface area contributed by atoms with Gasteiger partial charge in [0, 0.05) is 24.7 Å². The third-order valence-electron chi connectivity index (χ3n) is 6.06. The van der Waals surface area contributed by atoms with Gasteiger partial charge in [0.15, 0.2) is 0 Å². The molecule has 158 valence electrons. The molecule has 30 heavy (non-hydrogen) atoms. The largest absolute Gasteiger partial charge is 0.366 e. The van der Waals surface area contributed by atoms with E-state index in [1.807, 2.05) is 0 Å². The SMILES string of the molecule is NC(=O)c1cc(C[C@H]2CC[C@H](C(=O)N3OCC[C@H]3c3cnccn3)CC2)ccc1F. The van der Waals surface area contributed by atoms with Gasteiger partial charge in [-0.3, -0.25) is 24.4 Å². The van der Waals surface area contributed by atoms with Crippen LogP contribution in [0.5, 0.6) is 0 Å². The Kier molecular flexibility index (Phi) is 6.03. The summed E-state index contributed by atoms with van der Waals surface area (Å²) in [5, 5.41) is 1.49. The lowest BCUT2D eigenvalue weighted by molar-refractivity contribution is -0.183. The number of amides is 2. The zero-order valence-electron chi connectivity index (χ0n) is 16.7. The van der Waals surface area contributed by atoms with Gasteiger partial charge in [-0.25, -0.2) is 9.45 Å². The molecule has 0 unspecified atom stereocenters. The van der Waals surface area contributed by atoms with E-state index in [9.17, 15) is 14.0 Å². The number of hydrogen-bond donors (Lipinski definition) is 1. The molecule has 1 saturated carbocycles. The molecule has 1 atom stereocenters. The number of hydrogen-bond acceptors (Lipinski definition) is 5. The summed E-state index contributed by atoms with van der Waals surface area (Å²) < 4.78 is 13.7. The van der Waals surface area contributed by atoms with Crippen LogP contribution in [0.4, 0.5) is 4.39 Å². The highest BCUT2D eigenvalue weighted by Crippen LogP contribution is 2.36. The van der Waals surface area contributed by atoms with Crippen molar-refractivity contribution in [1.29, 1.82) is 0 Å². The molecule has 1 aromatic carbocycles. The van der Waals surface area contributed by atoms with E-state index in [-0.39, 0.29) is 23.4 Å². The normalized spacial score (nSPS) is 24.0. The molecule has 7 nitrogen and oxygen atoms in total. The first kappa shape index (κ1) is 20.4. The third-order valence-corrected chi connectivity index (χ3v) is 6.06. The maximum Gasteiger partial charge on any atom is 0.251 e. The molecular formula is C22H25FN4O3. The average Bonchev–Trinajstić information content (AvgIpc) is 3.25. The van der Waals surface area contributed by atoms with Gasteiger partial charge < -0.3 is 5.73 Å². The first-order valence-electron chi connectivity index (χ1n) is 10.3. The summed E-state index contributed by atoms with van der Waals surface area (Å²) in [6.07, 6.45) is 9.71. The number of benzene rings is 1. The van der Waals surface area contributed by atoms with Crippen LogP contribution in [0.1, 0.15) is 59.8 Å². The van der Waals surface area contributed by atoms with Gasteiger partial charge in [-0.2, -0.15) is 0 Å². The quantitative estimate of drug-likeness (QED) is 0.814. The molecule has 1 aliphatic heterocycles. The molecule has 1 aromatic heterocycles. The van der Waals surface area contributed by atoms with Crippen LogP contribution in [-0.2, 0) is 16.1 Å². The lowest BCUT2D eigenvalue weighted by atomic mass is 9.78. The fourth-order valence-corrected chi connectivity index (χ4v) is 4.45. The fraction of sp³-hybridized carbons (Fsp3) is 0.455. The van der Waals surface area contributed by atoms with E-state index < -0.39 is 11.7 Å². The molecule has 0 bridgehead atoms. The molecule has 2 heterocycles. The highest BCUT2D eigenvalue weighted by atomic mass is 19.1. The second-order valence-electron chi connectivity index (χ2n) is 8.03. The number of halogens is 1. The molecule has 4 rings (SSSR count). The van der Waals surface area contributed by atoms with Crippen molar-refractivity contribution in [2.24, 2.45) is 17.6 Å². The lowest BCUT2D eigenvalue weighted by Crippen LogP contribution is -2.37. The predicted octanol–water partition coefficient (Wildman–Crippen LogP) is 2.97. The van der Waals surface area contributed by atoms with Crippen LogP contribution in [-0.4, -0.2) is 33.5 Å². The topological polar surface area (TPSA) is 98.4 Å². The predicted molar refractivity (Wildman–Crippen MR) is 106 cm³/mol. The zero-order chi connectivity index (χ0) is 21.1. The lowest BCUT2D eigenvalue weighted by Gasteiger charge is -2.31. The summed E-state index contributed by atoms with van der Waals surface area (Å²) in [4.78, 5) is 38.5.